The van der Waals surface area contributed by atoms with Crippen molar-refractivity contribution in [2.75, 3.05) is 13.2 Å². The number of rotatable bonds is 5. The van der Waals surface area contributed by atoms with Gasteiger partial charge in [0.1, 0.15) is 23.7 Å². The fraction of sp³-hybridized carbons (Fsp3) is 0.381. The van der Waals surface area contributed by atoms with Crippen molar-refractivity contribution in [3.63, 3.8) is 0 Å². The van der Waals surface area contributed by atoms with Crippen LogP contribution in [-0.4, -0.2) is 24.8 Å². The van der Waals surface area contributed by atoms with Gasteiger partial charge >= 0.3 is 5.97 Å². The van der Waals surface area contributed by atoms with E-state index < -0.39 is 5.60 Å². The van der Waals surface area contributed by atoms with Crippen molar-refractivity contribution in [3.8, 4) is 11.5 Å². The third kappa shape index (κ3) is 4.32. The Balaban J connectivity index is 1.72. The highest BCUT2D eigenvalue weighted by Gasteiger charge is 2.24. The van der Waals surface area contributed by atoms with Crippen LogP contribution >= 0.6 is 0 Å². The zero-order valence-electron chi connectivity index (χ0n) is 15.0. The maximum atomic E-state index is 11.0. The Hall–Kier alpha value is -2.49. The van der Waals surface area contributed by atoms with E-state index in [1.807, 2.05) is 38.1 Å². The van der Waals surface area contributed by atoms with Gasteiger partial charge in [-0.25, -0.2) is 0 Å². The molecule has 2 aromatic rings. The van der Waals surface area contributed by atoms with Gasteiger partial charge in [0.2, 0.25) is 0 Å². The number of ether oxygens (including phenoxy) is 3. The zero-order valence-corrected chi connectivity index (χ0v) is 15.0. The number of benzene rings is 2. The van der Waals surface area contributed by atoms with E-state index in [2.05, 4.69) is 24.3 Å². The molecule has 0 bridgehead atoms. The summed E-state index contributed by atoms with van der Waals surface area (Å²) in [6.07, 6.45) is 0.967. The lowest BCUT2D eigenvalue weighted by Gasteiger charge is -2.27. The van der Waals surface area contributed by atoms with Crippen LogP contribution in [0.15, 0.2) is 48.5 Å². The number of hydrogen-bond acceptors (Lipinski definition) is 4. The minimum absolute atomic E-state index is 0.220. The average Bonchev–Trinajstić information content (AvgIpc) is 2.60. The lowest BCUT2D eigenvalue weighted by Crippen LogP contribution is -2.34. The van der Waals surface area contributed by atoms with Gasteiger partial charge in [0.25, 0.3) is 0 Å². The quantitative estimate of drug-likeness (QED) is 0.760. The van der Waals surface area contributed by atoms with Crippen LogP contribution < -0.4 is 9.47 Å². The summed E-state index contributed by atoms with van der Waals surface area (Å²) in [6.45, 7) is 6.15. The summed E-state index contributed by atoms with van der Waals surface area (Å²) >= 11 is 0. The number of fused-ring (bicyclic) bond motifs is 1. The lowest BCUT2D eigenvalue weighted by atomic mass is 9.87. The van der Waals surface area contributed by atoms with Crippen molar-refractivity contribution in [1.82, 2.24) is 0 Å². The molecule has 1 aliphatic rings. The van der Waals surface area contributed by atoms with Crippen molar-refractivity contribution in [2.24, 2.45) is 0 Å². The predicted molar refractivity (Wildman–Crippen MR) is 96.2 cm³/mol. The number of carbonyl (C=O) groups excluding carboxylic acids is 1. The highest BCUT2D eigenvalue weighted by molar-refractivity contribution is 5.65. The smallest absolute Gasteiger partial charge is 0.302 e. The van der Waals surface area contributed by atoms with Gasteiger partial charge in [-0.1, -0.05) is 30.3 Å². The summed E-state index contributed by atoms with van der Waals surface area (Å²) in [5.74, 6) is 1.78. The van der Waals surface area contributed by atoms with Crippen LogP contribution in [-0.2, 0) is 9.53 Å². The Kier molecular flexibility index (Phi) is 4.98. The first kappa shape index (κ1) is 17.3. The average molecular weight is 340 g/mol. The van der Waals surface area contributed by atoms with Gasteiger partial charge in [-0.05, 0) is 44.0 Å². The van der Waals surface area contributed by atoms with Gasteiger partial charge in [-0.3, -0.25) is 4.79 Å². The molecule has 4 nitrogen and oxygen atoms in total. The molecule has 1 unspecified atom stereocenters. The second kappa shape index (κ2) is 7.18. The fourth-order valence-electron chi connectivity index (χ4n) is 3.08. The van der Waals surface area contributed by atoms with E-state index >= 15 is 0 Å². The third-order valence-electron chi connectivity index (χ3n) is 4.26. The van der Waals surface area contributed by atoms with E-state index in [4.69, 9.17) is 14.2 Å². The van der Waals surface area contributed by atoms with Crippen LogP contribution in [0.4, 0.5) is 0 Å². The molecule has 132 valence electrons. The minimum Gasteiger partial charge on any atom is -0.493 e. The number of para-hydroxylation sites is 1. The van der Waals surface area contributed by atoms with Crippen LogP contribution in [0.25, 0.3) is 0 Å². The fourth-order valence-corrected chi connectivity index (χ4v) is 3.08. The molecule has 2 aromatic carbocycles. The SMILES string of the molecule is CC(=O)OCC(C)(C)Oc1ccc(C2CCOc3ccccc32)cc1. The Bertz CT molecular complexity index is 734. The minimum atomic E-state index is -0.571. The van der Waals surface area contributed by atoms with Crippen LogP contribution in [0, 0.1) is 0 Å². The molecule has 25 heavy (non-hydrogen) atoms. The summed E-state index contributed by atoms with van der Waals surface area (Å²) in [4.78, 5) is 11.0. The molecule has 0 aliphatic carbocycles. The van der Waals surface area contributed by atoms with Crippen molar-refractivity contribution in [3.05, 3.63) is 59.7 Å². The van der Waals surface area contributed by atoms with Crippen LogP contribution in [0.2, 0.25) is 0 Å². The molecule has 0 saturated carbocycles. The monoisotopic (exact) mass is 340 g/mol. The van der Waals surface area contributed by atoms with Crippen LogP contribution in [0.3, 0.4) is 0 Å². The molecular weight excluding hydrogens is 316 g/mol. The van der Waals surface area contributed by atoms with Gasteiger partial charge < -0.3 is 14.2 Å². The molecule has 0 aromatic heterocycles. The van der Waals surface area contributed by atoms with Crippen LogP contribution in [0.5, 0.6) is 11.5 Å². The van der Waals surface area contributed by atoms with Crippen LogP contribution in [0.1, 0.15) is 44.2 Å². The standard InChI is InChI=1S/C21H24O4/c1-15(22)24-14-21(2,3)25-17-10-8-16(9-11-17)18-12-13-23-20-7-5-4-6-19(18)20/h4-11,18H,12-14H2,1-3H3. The van der Waals surface area contributed by atoms with E-state index in [1.54, 1.807) is 0 Å². The molecular formula is C21H24O4. The Labute approximate surface area is 148 Å². The zero-order chi connectivity index (χ0) is 17.9. The molecule has 1 aliphatic heterocycles. The van der Waals surface area contributed by atoms with Gasteiger partial charge in [0.05, 0.1) is 6.61 Å². The number of esters is 1. The van der Waals surface area contributed by atoms with Crippen molar-refractivity contribution >= 4 is 5.97 Å². The second-order valence-electron chi connectivity index (χ2n) is 6.94. The first-order valence-electron chi connectivity index (χ1n) is 8.59. The predicted octanol–water partition coefficient (Wildman–Crippen LogP) is 4.32. The van der Waals surface area contributed by atoms with E-state index in [-0.39, 0.29) is 12.6 Å². The molecule has 0 radical (unpaired) electrons. The van der Waals surface area contributed by atoms with Gasteiger partial charge in [0, 0.05) is 18.4 Å². The number of hydrogen-bond donors (Lipinski definition) is 0. The highest BCUT2D eigenvalue weighted by atomic mass is 16.6. The summed E-state index contributed by atoms with van der Waals surface area (Å²) in [6, 6.07) is 16.4. The van der Waals surface area contributed by atoms with Gasteiger partial charge in [-0.15, -0.1) is 0 Å². The second-order valence-corrected chi connectivity index (χ2v) is 6.94. The number of carbonyl (C=O) groups is 1. The van der Waals surface area contributed by atoms with E-state index in [0.717, 1.165) is 24.5 Å². The molecule has 0 spiro atoms. The van der Waals surface area contributed by atoms with Gasteiger partial charge in [0.15, 0.2) is 0 Å². The Morgan fingerprint density at radius 3 is 2.60 bits per heavy atom. The Morgan fingerprint density at radius 1 is 1.16 bits per heavy atom. The molecule has 3 rings (SSSR count). The molecule has 1 heterocycles. The molecule has 0 saturated heterocycles. The summed E-state index contributed by atoms with van der Waals surface area (Å²) in [5.41, 5.74) is 1.91. The van der Waals surface area contributed by atoms with E-state index in [9.17, 15) is 4.79 Å². The topological polar surface area (TPSA) is 44.8 Å². The van der Waals surface area contributed by atoms with Crippen molar-refractivity contribution in [2.45, 2.75) is 38.7 Å². The molecule has 0 fully saturated rings. The Morgan fingerprint density at radius 2 is 1.88 bits per heavy atom. The molecule has 0 amide bonds. The van der Waals surface area contributed by atoms with Crippen molar-refractivity contribution < 1.29 is 19.0 Å². The van der Waals surface area contributed by atoms with Crippen molar-refractivity contribution in [1.29, 1.82) is 0 Å². The lowest BCUT2D eigenvalue weighted by molar-refractivity contribution is -0.146. The summed E-state index contributed by atoms with van der Waals surface area (Å²) in [7, 11) is 0. The maximum absolute atomic E-state index is 11.0. The van der Waals surface area contributed by atoms with Gasteiger partial charge in [-0.2, -0.15) is 0 Å². The summed E-state index contributed by atoms with van der Waals surface area (Å²) in [5, 5.41) is 0. The molecule has 0 N–H and O–H groups in total. The highest BCUT2D eigenvalue weighted by Crippen LogP contribution is 2.38. The maximum Gasteiger partial charge on any atom is 0.302 e. The summed E-state index contributed by atoms with van der Waals surface area (Å²) < 4.78 is 16.8. The first-order valence-corrected chi connectivity index (χ1v) is 8.59. The normalized spacial score (nSPS) is 16.5. The molecule has 4 heteroatoms. The third-order valence-corrected chi connectivity index (χ3v) is 4.26. The first-order chi connectivity index (χ1) is 11.9. The largest absolute Gasteiger partial charge is 0.493 e. The van der Waals surface area contributed by atoms with E-state index in [0.29, 0.717) is 5.92 Å². The molecule has 1 atom stereocenters. The van der Waals surface area contributed by atoms with E-state index in [1.165, 1.54) is 18.1 Å².